The van der Waals surface area contributed by atoms with Gasteiger partial charge >= 0.3 is 0 Å². The molecule has 3 N–H and O–H groups in total. The van der Waals surface area contributed by atoms with Gasteiger partial charge in [-0.15, -0.1) is 0 Å². The van der Waals surface area contributed by atoms with Crippen LogP contribution < -0.4 is 10.5 Å². The number of nitrogens with one attached hydrogen (secondary N) is 1. The summed E-state index contributed by atoms with van der Waals surface area (Å²) >= 11 is 3.24. The van der Waals surface area contributed by atoms with Crippen LogP contribution in [0.2, 0.25) is 0 Å². The van der Waals surface area contributed by atoms with Crippen LogP contribution in [0.1, 0.15) is 5.56 Å². The average molecular weight is 342 g/mol. The van der Waals surface area contributed by atoms with Crippen LogP contribution in [0.5, 0.6) is 0 Å². The van der Waals surface area contributed by atoms with E-state index in [1.54, 1.807) is 25.1 Å². The average Bonchev–Trinajstić information content (AvgIpc) is 2.31. The van der Waals surface area contributed by atoms with Crippen LogP contribution in [0, 0.1) is 6.92 Å². The Kier molecular flexibility index (Phi) is 3.77. The highest BCUT2D eigenvalue weighted by molar-refractivity contribution is 9.10. The summed E-state index contributed by atoms with van der Waals surface area (Å²) in [5.41, 5.74) is 7.18. The second-order valence-corrected chi connectivity index (χ2v) is 6.49. The summed E-state index contributed by atoms with van der Waals surface area (Å²) in [5, 5.41) is 0. The van der Waals surface area contributed by atoms with E-state index < -0.39 is 10.0 Å². The van der Waals surface area contributed by atoms with Crippen molar-refractivity contribution in [2.24, 2.45) is 0 Å². The summed E-state index contributed by atoms with van der Waals surface area (Å²) in [6.45, 7) is 1.70. The van der Waals surface area contributed by atoms with Gasteiger partial charge in [0, 0.05) is 18.1 Å². The molecule has 2 rings (SSSR count). The monoisotopic (exact) mass is 341 g/mol. The number of aryl methyl sites for hydroxylation is 1. The number of sulfonamides is 1. The maximum absolute atomic E-state index is 12.3. The van der Waals surface area contributed by atoms with Gasteiger partial charge in [-0.1, -0.05) is 0 Å². The Hall–Kier alpha value is -1.60. The molecule has 0 fully saturated rings. The standard InChI is InChI=1S/C12H12BrN3O2S/c1-8-6-9(14)2-3-12(8)19(17,18)16-11-4-5-15-7-10(11)13/h2-7H,14H2,1H3,(H,15,16). The minimum atomic E-state index is -3.65. The lowest BCUT2D eigenvalue weighted by Crippen LogP contribution is -2.14. The molecule has 0 aliphatic carbocycles. The molecule has 0 amide bonds. The van der Waals surface area contributed by atoms with Gasteiger partial charge in [-0.05, 0) is 52.7 Å². The summed E-state index contributed by atoms with van der Waals surface area (Å²) in [6, 6.07) is 6.25. The highest BCUT2D eigenvalue weighted by Crippen LogP contribution is 2.25. The minimum absolute atomic E-state index is 0.199. The van der Waals surface area contributed by atoms with Crippen LogP contribution in [0.3, 0.4) is 0 Å². The molecule has 1 aromatic heterocycles. The fraction of sp³-hybridized carbons (Fsp3) is 0.0833. The number of pyridine rings is 1. The molecule has 0 saturated carbocycles. The van der Waals surface area contributed by atoms with Gasteiger partial charge in [-0.25, -0.2) is 8.42 Å². The molecule has 0 aliphatic heterocycles. The van der Waals surface area contributed by atoms with E-state index in [2.05, 4.69) is 25.6 Å². The van der Waals surface area contributed by atoms with Gasteiger partial charge in [0.2, 0.25) is 0 Å². The molecule has 0 unspecified atom stereocenters. The van der Waals surface area contributed by atoms with Gasteiger partial charge in [-0.2, -0.15) is 0 Å². The largest absolute Gasteiger partial charge is 0.399 e. The smallest absolute Gasteiger partial charge is 0.262 e. The quantitative estimate of drug-likeness (QED) is 0.840. The van der Waals surface area contributed by atoms with Crippen molar-refractivity contribution in [3.63, 3.8) is 0 Å². The number of halogens is 1. The molecular formula is C12H12BrN3O2S. The lowest BCUT2D eigenvalue weighted by Gasteiger charge is -2.11. The number of nitrogen functional groups attached to an aromatic ring is 1. The molecule has 0 saturated heterocycles. The minimum Gasteiger partial charge on any atom is -0.399 e. The van der Waals surface area contributed by atoms with Crippen LogP contribution >= 0.6 is 15.9 Å². The first-order chi connectivity index (χ1) is 8.90. The molecule has 1 aromatic carbocycles. The van der Waals surface area contributed by atoms with E-state index >= 15 is 0 Å². The van der Waals surface area contributed by atoms with Gasteiger partial charge in [0.25, 0.3) is 10.0 Å². The first kappa shape index (κ1) is 13.8. The van der Waals surface area contributed by atoms with Crippen LogP contribution in [0.15, 0.2) is 46.0 Å². The molecule has 0 radical (unpaired) electrons. The fourth-order valence-electron chi connectivity index (χ4n) is 1.63. The van der Waals surface area contributed by atoms with Crippen molar-refractivity contribution in [2.75, 3.05) is 10.5 Å². The number of hydrogen-bond acceptors (Lipinski definition) is 4. The number of aromatic nitrogens is 1. The summed E-state index contributed by atoms with van der Waals surface area (Å²) in [4.78, 5) is 4.08. The zero-order chi connectivity index (χ0) is 14.0. The van der Waals surface area contributed by atoms with E-state index in [0.29, 0.717) is 21.4 Å². The van der Waals surface area contributed by atoms with Crippen molar-refractivity contribution in [2.45, 2.75) is 11.8 Å². The Labute approximate surface area is 120 Å². The number of nitrogens with two attached hydrogens (primary N) is 1. The number of anilines is 2. The van der Waals surface area contributed by atoms with Gasteiger partial charge in [0.05, 0.1) is 15.1 Å². The zero-order valence-corrected chi connectivity index (χ0v) is 12.5. The number of nitrogens with zero attached hydrogens (tertiary/aromatic N) is 1. The molecule has 1 heterocycles. The van der Waals surface area contributed by atoms with E-state index in [1.165, 1.54) is 18.5 Å². The maximum Gasteiger partial charge on any atom is 0.262 e. The summed E-state index contributed by atoms with van der Waals surface area (Å²) in [6.07, 6.45) is 3.03. The summed E-state index contributed by atoms with van der Waals surface area (Å²) < 4.78 is 27.7. The molecule has 100 valence electrons. The molecule has 7 heteroatoms. The van der Waals surface area contributed by atoms with Gasteiger partial charge < -0.3 is 5.73 Å². The molecule has 0 spiro atoms. The summed E-state index contributed by atoms with van der Waals surface area (Å²) in [7, 11) is -3.65. The zero-order valence-electron chi connectivity index (χ0n) is 10.1. The fourth-order valence-corrected chi connectivity index (χ4v) is 3.42. The Morgan fingerprint density at radius 1 is 1.32 bits per heavy atom. The van der Waals surface area contributed by atoms with Crippen molar-refractivity contribution in [3.8, 4) is 0 Å². The molecule has 19 heavy (non-hydrogen) atoms. The Balaban J connectivity index is 2.41. The van der Waals surface area contributed by atoms with E-state index in [1.807, 2.05) is 0 Å². The van der Waals surface area contributed by atoms with E-state index in [9.17, 15) is 8.42 Å². The SMILES string of the molecule is Cc1cc(N)ccc1S(=O)(=O)Nc1ccncc1Br. The van der Waals surface area contributed by atoms with Gasteiger partial charge in [-0.3, -0.25) is 9.71 Å². The molecule has 2 aromatic rings. The van der Waals surface area contributed by atoms with Crippen molar-refractivity contribution in [1.82, 2.24) is 4.98 Å². The Bertz CT molecular complexity index is 717. The third kappa shape index (κ3) is 3.05. The predicted octanol–water partition coefficient (Wildman–Crippen LogP) is 2.54. The normalized spacial score (nSPS) is 11.3. The van der Waals surface area contributed by atoms with E-state index in [-0.39, 0.29) is 4.90 Å². The van der Waals surface area contributed by atoms with Crippen LogP contribution in [-0.4, -0.2) is 13.4 Å². The van der Waals surface area contributed by atoms with Crippen LogP contribution in [-0.2, 0) is 10.0 Å². The predicted molar refractivity (Wildman–Crippen MR) is 78.3 cm³/mol. The van der Waals surface area contributed by atoms with Crippen molar-refractivity contribution < 1.29 is 8.42 Å². The second-order valence-electron chi connectivity index (χ2n) is 3.99. The van der Waals surface area contributed by atoms with E-state index in [4.69, 9.17) is 5.73 Å². The third-order valence-electron chi connectivity index (χ3n) is 2.51. The topological polar surface area (TPSA) is 85.1 Å². The molecule has 0 bridgehead atoms. The highest BCUT2D eigenvalue weighted by Gasteiger charge is 2.17. The maximum atomic E-state index is 12.3. The Morgan fingerprint density at radius 2 is 2.05 bits per heavy atom. The highest BCUT2D eigenvalue weighted by atomic mass is 79.9. The van der Waals surface area contributed by atoms with Gasteiger partial charge in [0.1, 0.15) is 0 Å². The lowest BCUT2D eigenvalue weighted by atomic mass is 10.2. The molecule has 0 atom stereocenters. The van der Waals surface area contributed by atoms with Crippen molar-refractivity contribution in [3.05, 3.63) is 46.7 Å². The summed E-state index contributed by atoms with van der Waals surface area (Å²) in [5.74, 6) is 0. The molecular weight excluding hydrogens is 330 g/mol. The molecule has 0 aliphatic rings. The first-order valence-corrected chi connectivity index (χ1v) is 7.66. The van der Waals surface area contributed by atoms with Gasteiger partial charge in [0.15, 0.2) is 0 Å². The van der Waals surface area contributed by atoms with Crippen LogP contribution in [0.25, 0.3) is 0 Å². The second kappa shape index (κ2) is 5.18. The Morgan fingerprint density at radius 3 is 2.68 bits per heavy atom. The number of hydrogen-bond donors (Lipinski definition) is 2. The van der Waals surface area contributed by atoms with E-state index in [0.717, 1.165) is 0 Å². The molecule has 5 nitrogen and oxygen atoms in total. The van der Waals surface area contributed by atoms with Crippen molar-refractivity contribution in [1.29, 1.82) is 0 Å². The van der Waals surface area contributed by atoms with Crippen LogP contribution in [0.4, 0.5) is 11.4 Å². The third-order valence-corrected chi connectivity index (χ3v) is 4.66. The first-order valence-electron chi connectivity index (χ1n) is 5.38. The number of benzene rings is 1. The van der Waals surface area contributed by atoms with Crippen molar-refractivity contribution >= 4 is 37.3 Å². The number of rotatable bonds is 3. The lowest BCUT2D eigenvalue weighted by molar-refractivity contribution is 0.600.